The van der Waals surface area contributed by atoms with Gasteiger partial charge in [0.25, 0.3) is 0 Å². The van der Waals surface area contributed by atoms with Crippen molar-refractivity contribution in [2.45, 2.75) is 89.5 Å². The molecule has 184 valence electrons. The van der Waals surface area contributed by atoms with E-state index in [9.17, 15) is 0 Å². The van der Waals surface area contributed by atoms with Crippen LogP contribution < -0.4 is 10.6 Å². The zero-order chi connectivity index (χ0) is 23.3. The molecule has 4 nitrogen and oxygen atoms in total. The van der Waals surface area contributed by atoms with E-state index < -0.39 is 0 Å². The average Bonchev–Trinajstić information content (AvgIpc) is 3.48. The van der Waals surface area contributed by atoms with Gasteiger partial charge in [-0.15, -0.1) is 0 Å². The fourth-order valence-corrected chi connectivity index (χ4v) is 6.42. The van der Waals surface area contributed by atoms with Crippen LogP contribution in [0.1, 0.15) is 84.1 Å². The summed E-state index contributed by atoms with van der Waals surface area (Å²) in [7, 11) is 0. The number of ether oxygens (including phenoxy) is 2. The molecule has 2 N–H and O–H groups in total. The van der Waals surface area contributed by atoms with Gasteiger partial charge in [-0.1, -0.05) is 36.4 Å². The van der Waals surface area contributed by atoms with Crippen LogP contribution in [0.15, 0.2) is 36.4 Å². The molecule has 4 aliphatic heterocycles. The van der Waals surface area contributed by atoms with Crippen LogP contribution in [0.25, 0.3) is 0 Å². The summed E-state index contributed by atoms with van der Waals surface area (Å²) in [5.41, 5.74) is 8.71. The zero-order valence-corrected chi connectivity index (χ0v) is 21.1. The predicted molar refractivity (Wildman–Crippen MR) is 138 cm³/mol. The SMILES string of the molecule is Cc1cccc2c1[C@@H]([C@H]1CCCN1)OCCC2.Cc1cccc2c1[C@H]([C@H]1CCCN1)OCCC2. The maximum absolute atomic E-state index is 6.13. The molecule has 0 spiro atoms. The minimum atomic E-state index is 0.274. The third-order valence-electron chi connectivity index (χ3n) is 8.10. The standard InChI is InChI=1S/2C15H21NO/c2*1-11-5-2-6-12-7-4-10-17-15(14(11)12)13-8-3-9-16-13/h2*2,5-6,13,15-16H,3-4,7-10H2,1H3/t13-,15+;13-,15-/m11/s1. The molecule has 2 saturated heterocycles. The molecular weight excluding hydrogens is 420 g/mol. The van der Waals surface area contributed by atoms with Crippen molar-refractivity contribution in [2.24, 2.45) is 0 Å². The van der Waals surface area contributed by atoms with E-state index in [0.717, 1.165) is 39.1 Å². The highest BCUT2D eigenvalue weighted by atomic mass is 16.5. The average molecular weight is 463 g/mol. The molecule has 2 aromatic rings. The van der Waals surface area contributed by atoms with Crippen LogP contribution >= 0.6 is 0 Å². The highest BCUT2D eigenvalue weighted by Gasteiger charge is 2.31. The van der Waals surface area contributed by atoms with Crippen molar-refractivity contribution in [3.05, 3.63) is 69.8 Å². The van der Waals surface area contributed by atoms with Crippen LogP contribution in [0.3, 0.4) is 0 Å². The van der Waals surface area contributed by atoms with Gasteiger partial charge in [0, 0.05) is 25.3 Å². The van der Waals surface area contributed by atoms with Gasteiger partial charge in [-0.25, -0.2) is 0 Å². The number of hydrogen-bond acceptors (Lipinski definition) is 4. The normalized spacial score (nSPS) is 28.8. The summed E-state index contributed by atoms with van der Waals surface area (Å²) in [5.74, 6) is 0. The van der Waals surface area contributed by atoms with Gasteiger partial charge in [-0.3, -0.25) is 0 Å². The first-order valence-electron chi connectivity index (χ1n) is 13.6. The summed E-state index contributed by atoms with van der Waals surface area (Å²) in [4.78, 5) is 0. The van der Waals surface area contributed by atoms with E-state index in [-0.39, 0.29) is 12.2 Å². The Kier molecular flexibility index (Phi) is 8.01. The Morgan fingerprint density at radius 2 is 1.12 bits per heavy atom. The van der Waals surface area contributed by atoms with Gasteiger partial charge in [0.2, 0.25) is 0 Å². The monoisotopic (exact) mass is 462 g/mol. The molecule has 0 radical (unpaired) electrons. The van der Waals surface area contributed by atoms with Crippen molar-refractivity contribution in [1.29, 1.82) is 0 Å². The van der Waals surface area contributed by atoms with Crippen molar-refractivity contribution >= 4 is 0 Å². The lowest BCUT2D eigenvalue weighted by Crippen LogP contribution is -2.31. The first-order valence-corrected chi connectivity index (χ1v) is 13.6. The Labute approximate surface area is 205 Å². The smallest absolute Gasteiger partial charge is 0.0982 e. The van der Waals surface area contributed by atoms with E-state index in [1.807, 2.05) is 0 Å². The fraction of sp³-hybridized carbons (Fsp3) is 0.600. The van der Waals surface area contributed by atoms with Crippen molar-refractivity contribution in [3.8, 4) is 0 Å². The van der Waals surface area contributed by atoms with E-state index in [4.69, 9.17) is 9.47 Å². The van der Waals surface area contributed by atoms with E-state index in [1.54, 1.807) is 0 Å². The maximum Gasteiger partial charge on any atom is 0.0982 e. The lowest BCUT2D eigenvalue weighted by molar-refractivity contribution is 0.0329. The van der Waals surface area contributed by atoms with Gasteiger partial charge < -0.3 is 20.1 Å². The Bertz CT molecular complexity index is 869. The molecule has 0 aromatic heterocycles. The number of nitrogens with one attached hydrogen (secondary N) is 2. The first-order chi connectivity index (χ1) is 16.7. The number of hydrogen-bond donors (Lipinski definition) is 2. The van der Waals surface area contributed by atoms with Gasteiger partial charge in [0.05, 0.1) is 12.2 Å². The molecule has 4 aliphatic rings. The molecule has 2 aromatic carbocycles. The Hall–Kier alpha value is -1.72. The van der Waals surface area contributed by atoms with E-state index in [0.29, 0.717) is 12.1 Å². The quantitative estimate of drug-likeness (QED) is 0.618. The molecule has 0 amide bonds. The molecule has 2 fully saturated rings. The molecule has 4 atom stereocenters. The van der Waals surface area contributed by atoms with Crippen molar-refractivity contribution in [2.75, 3.05) is 26.3 Å². The van der Waals surface area contributed by atoms with Gasteiger partial charge in [0.1, 0.15) is 0 Å². The fourth-order valence-electron chi connectivity index (χ4n) is 6.42. The molecule has 6 rings (SSSR count). The Morgan fingerprint density at radius 1 is 0.647 bits per heavy atom. The lowest BCUT2D eigenvalue weighted by atomic mass is 9.91. The number of rotatable bonds is 2. The Morgan fingerprint density at radius 3 is 1.53 bits per heavy atom. The molecule has 4 heteroatoms. The van der Waals surface area contributed by atoms with Crippen LogP contribution in [0.2, 0.25) is 0 Å². The highest BCUT2D eigenvalue weighted by Crippen LogP contribution is 2.35. The molecule has 0 saturated carbocycles. The van der Waals surface area contributed by atoms with Crippen LogP contribution in [0, 0.1) is 13.8 Å². The van der Waals surface area contributed by atoms with E-state index >= 15 is 0 Å². The summed E-state index contributed by atoms with van der Waals surface area (Å²) in [6.07, 6.45) is 10.3. The molecule has 0 unspecified atom stereocenters. The molecular formula is C30H42N2O2. The van der Waals surface area contributed by atoms with Gasteiger partial charge in [-0.2, -0.15) is 0 Å². The second-order valence-electron chi connectivity index (χ2n) is 10.5. The third kappa shape index (κ3) is 5.26. The Balaban J connectivity index is 0.000000142. The van der Waals surface area contributed by atoms with Crippen LogP contribution in [0.5, 0.6) is 0 Å². The van der Waals surface area contributed by atoms with Gasteiger partial charge >= 0.3 is 0 Å². The lowest BCUT2D eigenvalue weighted by Gasteiger charge is -2.26. The van der Waals surface area contributed by atoms with Crippen LogP contribution in [-0.4, -0.2) is 38.4 Å². The number of aryl methyl sites for hydroxylation is 4. The summed E-state index contributed by atoms with van der Waals surface area (Å²) in [5, 5.41) is 7.19. The van der Waals surface area contributed by atoms with E-state index in [2.05, 4.69) is 60.9 Å². The number of fused-ring (bicyclic) bond motifs is 2. The van der Waals surface area contributed by atoms with Crippen molar-refractivity contribution < 1.29 is 9.47 Å². The number of benzene rings is 2. The summed E-state index contributed by atoms with van der Waals surface area (Å²) in [6.45, 7) is 8.52. The predicted octanol–water partition coefficient (Wildman–Crippen LogP) is 5.50. The largest absolute Gasteiger partial charge is 0.372 e. The summed E-state index contributed by atoms with van der Waals surface area (Å²) >= 11 is 0. The van der Waals surface area contributed by atoms with Gasteiger partial charge in [-0.05, 0) is 112 Å². The van der Waals surface area contributed by atoms with E-state index in [1.165, 1.54) is 71.9 Å². The van der Waals surface area contributed by atoms with Gasteiger partial charge in [0.15, 0.2) is 0 Å². The molecule has 34 heavy (non-hydrogen) atoms. The first kappa shape index (κ1) is 24.0. The van der Waals surface area contributed by atoms with Crippen molar-refractivity contribution in [1.82, 2.24) is 10.6 Å². The third-order valence-corrected chi connectivity index (χ3v) is 8.10. The highest BCUT2D eigenvalue weighted by molar-refractivity contribution is 5.39. The second-order valence-corrected chi connectivity index (χ2v) is 10.5. The maximum atomic E-state index is 6.13. The minimum absolute atomic E-state index is 0.274. The molecule has 0 aliphatic carbocycles. The zero-order valence-electron chi connectivity index (χ0n) is 21.1. The summed E-state index contributed by atoms with van der Waals surface area (Å²) in [6, 6.07) is 14.4. The van der Waals surface area contributed by atoms with Crippen molar-refractivity contribution in [3.63, 3.8) is 0 Å². The molecule has 4 heterocycles. The second kappa shape index (κ2) is 11.3. The molecule has 0 bridgehead atoms. The van der Waals surface area contributed by atoms with Crippen LogP contribution in [0.4, 0.5) is 0 Å². The minimum Gasteiger partial charge on any atom is -0.372 e. The summed E-state index contributed by atoms with van der Waals surface area (Å²) < 4.78 is 12.3. The van der Waals surface area contributed by atoms with Crippen LogP contribution in [-0.2, 0) is 22.3 Å². The topological polar surface area (TPSA) is 42.5 Å².